The number of fused-ring (bicyclic) bond motifs is 2. The van der Waals surface area contributed by atoms with E-state index in [1.807, 2.05) is 0 Å². The summed E-state index contributed by atoms with van der Waals surface area (Å²) < 4.78 is 12.4. The van der Waals surface area contributed by atoms with Crippen LogP contribution in [-0.4, -0.2) is 22.5 Å². The Hall–Kier alpha value is 0.137. The molecule has 0 spiro atoms. The zero-order valence-electron chi connectivity index (χ0n) is 12.2. The fourth-order valence-electron chi connectivity index (χ4n) is 3.44. The van der Waals surface area contributed by atoms with E-state index in [9.17, 15) is 0 Å². The summed E-state index contributed by atoms with van der Waals surface area (Å²) in [5.74, 6) is 0.995. The van der Waals surface area contributed by atoms with Crippen LogP contribution in [0.2, 0.25) is 5.04 Å². The molecule has 3 heteroatoms. The summed E-state index contributed by atoms with van der Waals surface area (Å²) in [6.07, 6.45) is 11.8. The number of hydrogen-bond acceptors (Lipinski definition) is 2. The number of rotatable bonds is 9. The minimum absolute atomic E-state index is 0.483. The van der Waals surface area contributed by atoms with E-state index in [-0.39, 0.29) is 0 Å². The molecule has 2 saturated carbocycles. The first-order valence-corrected chi connectivity index (χ1v) is 9.25. The van der Waals surface area contributed by atoms with Crippen LogP contribution in [0.5, 0.6) is 0 Å². The first-order valence-electron chi connectivity index (χ1n) is 7.94. The van der Waals surface area contributed by atoms with Crippen molar-refractivity contribution in [2.75, 3.05) is 13.2 Å². The van der Waals surface area contributed by atoms with Crippen molar-refractivity contribution in [3.8, 4) is 0 Å². The molecule has 18 heavy (non-hydrogen) atoms. The molecule has 0 aromatic heterocycles. The van der Waals surface area contributed by atoms with Crippen LogP contribution in [0.3, 0.4) is 0 Å². The highest BCUT2D eigenvalue weighted by Crippen LogP contribution is 2.61. The number of unbranched alkanes of at least 4 members (excludes halogenated alkanes) is 2. The molecule has 0 aromatic rings. The Balaban J connectivity index is 1.86. The Morgan fingerprint density at radius 1 is 1.00 bits per heavy atom. The van der Waals surface area contributed by atoms with E-state index < -0.39 is 9.28 Å². The molecule has 2 fully saturated rings. The van der Waals surface area contributed by atoms with Gasteiger partial charge in [-0.3, -0.25) is 0 Å². The summed E-state index contributed by atoms with van der Waals surface area (Å²) in [6.45, 7) is 6.30. The molecule has 0 amide bonds. The lowest BCUT2D eigenvalue weighted by Crippen LogP contribution is -2.37. The van der Waals surface area contributed by atoms with Gasteiger partial charge in [0.05, 0.1) is 0 Å². The second-order valence-corrected chi connectivity index (χ2v) is 8.33. The van der Waals surface area contributed by atoms with Gasteiger partial charge in [0.2, 0.25) is 0 Å². The number of hydrogen-bond donors (Lipinski definition) is 0. The standard InChI is InChI=1S/C15H29O2Si/c1-3-5-11-16-18(17-12-6-4-2)15-9-7-14(13-15)8-10-15/h14H,3-13H2,1-2H3. The van der Waals surface area contributed by atoms with Crippen molar-refractivity contribution in [2.45, 2.75) is 76.7 Å². The van der Waals surface area contributed by atoms with Crippen LogP contribution in [0.15, 0.2) is 0 Å². The van der Waals surface area contributed by atoms with Crippen LogP contribution in [0.1, 0.15) is 71.6 Å². The van der Waals surface area contributed by atoms with Crippen molar-refractivity contribution in [1.82, 2.24) is 0 Å². The molecule has 2 nitrogen and oxygen atoms in total. The lowest BCUT2D eigenvalue weighted by atomic mass is 10.0. The van der Waals surface area contributed by atoms with Gasteiger partial charge in [0.15, 0.2) is 0 Å². The Morgan fingerprint density at radius 3 is 1.94 bits per heavy atom. The molecule has 2 aliphatic carbocycles. The van der Waals surface area contributed by atoms with Gasteiger partial charge in [0.1, 0.15) is 0 Å². The van der Waals surface area contributed by atoms with Crippen LogP contribution >= 0.6 is 0 Å². The Morgan fingerprint density at radius 2 is 1.56 bits per heavy atom. The molecule has 1 radical (unpaired) electrons. The molecule has 0 aliphatic heterocycles. The minimum atomic E-state index is -1.04. The molecule has 2 aliphatic rings. The lowest BCUT2D eigenvalue weighted by Gasteiger charge is -2.32. The predicted octanol–water partition coefficient (Wildman–Crippen LogP) is 4.44. The maximum Gasteiger partial charge on any atom is 0.391 e. The fraction of sp³-hybridized carbons (Fsp3) is 1.00. The molecule has 0 N–H and O–H groups in total. The van der Waals surface area contributed by atoms with Crippen LogP contribution in [0.4, 0.5) is 0 Å². The van der Waals surface area contributed by atoms with Crippen LogP contribution in [0.25, 0.3) is 0 Å². The summed E-state index contributed by atoms with van der Waals surface area (Å²) in [5, 5.41) is 0.483. The topological polar surface area (TPSA) is 18.5 Å². The van der Waals surface area contributed by atoms with E-state index in [1.54, 1.807) is 0 Å². The first-order chi connectivity index (χ1) is 8.80. The van der Waals surface area contributed by atoms with Gasteiger partial charge in [-0.2, -0.15) is 0 Å². The minimum Gasteiger partial charge on any atom is -0.393 e. The van der Waals surface area contributed by atoms with Gasteiger partial charge in [-0.25, -0.2) is 0 Å². The highest BCUT2D eigenvalue weighted by atomic mass is 28.3. The van der Waals surface area contributed by atoms with Gasteiger partial charge in [-0.05, 0) is 38.0 Å². The van der Waals surface area contributed by atoms with Gasteiger partial charge in [0, 0.05) is 18.3 Å². The van der Waals surface area contributed by atoms with Crippen molar-refractivity contribution in [2.24, 2.45) is 5.92 Å². The third kappa shape index (κ3) is 3.37. The van der Waals surface area contributed by atoms with Gasteiger partial charge < -0.3 is 8.85 Å². The zero-order valence-corrected chi connectivity index (χ0v) is 13.2. The van der Waals surface area contributed by atoms with Crippen molar-refractivity contribution < 1.29 is 8.85 Å². The third-order valence-corrected chi connectivity index (χ3v) is 7.14. The van der Waals surface area contributed by atoms with Crippen molar-refractivity contribution >= 4 is 9.28 Å². The second-order valence-electron chi connectivity index (χ2n) is 6.12. The van der Waals surface area contributed by atoms with E-state index in [1.165, 1.54) is 57.8 Å². The molecule has 0 atom stereocenters. The fourth-order valence-corrected chi connectivity index (χ4v) is 5.95. The van der Waals surface area contributed by atoms with Gasteiger partial charge in [-0.15, -0.1) is 0 Å². The predicted molar refractivity (Wildman–Crippen MR) is 76.7 cm³/mol. The molecular weight excluding hydrogens is 240 g/mol. The Kier molecular flexibility index (Phi) is 5.71. The highest BCUT2D eigenvalue weighted by Gasteiger charge is 2.53. The summed E-state index contributed by atoms with van der Waals surface area (Å²) in [4.78, 5) is 0. The molecule has 0 saturated heterocycles. The van der Waals surface area contributed by atoms with E-state index in [0.29, 0.717) is 5.04 Å². The molecule has 0 heterocycles. The molecule has 105 valence electrons. The van der Waals surface area contributed by atoms with Gasteiger partial charge in [-0.1, -0.05) is 39.5 Å². The van der Waals surface area contributed by atoms with Crippen LogP contribution in [-0.2, 0) is 8.85 Å². The molecule has 2 bridgehead atoms. The molecular formula is C15H29O2Si. The largest absolute Gasteiger partial charge is 0.393 e. The maximum atomic E-state index is 6.21. The normalized spacial score (nSPS) is 30.5. The summed E-state index contributed by atoms with van der Waals surface area (Å²) in [6, 6.07) is 0. The molecule has 0 unspecified atom stereocenters. The third-order valence-electron chi connectivity index (χ3n) is 4.64. The van der Waals surface area contributed by atoms with E-state index >= 15 is 0 Å². The Bertz CT molecular complexity index is 227. The monoisotopic (exact) mass is 269 g/mol. The quantitative estimate of drug-likeness (QED) is 0.455. The zero-order chi connectivity index (χ0) is 12.8. The molecule has 2 rings (SSSR count). The van der Waals surface area contributed by atoms with Gasteiger partial charge in [0.25, 0.3) is 0 Å². The molecule has 0 aromatic carbocycles. The SMILES string of the molecule is CCCCO[Si](OCCCC)C12CCC(CC1)C2. The summed E-state index contributed by atoms with van der Waals surface area (Å²) >= 11 is 0. The van der Waals surface area contributed by atoms with Gasteiger partial charge >= 0.3 is 9.28 Å². The smallest absolute Gasteiger partial charge is 0.391 e. The highest BCUT2D eigenvalue weighted by molar-refractivity contribution is 6.49. The van der Waals surface area contributed by atoms with Crippen LogP contribution < -0.4 is 0 Å². The van der Waals surface area contributed by atoms with Crippen LogP contribution in [0, 0.1) is 5.92 Å². The second kappa shape index (κ2) is 7.06. The first kappa shape index (κ1) is 14.5. The van der Waals surface area contributed by atoms with Crippen molar-refractivity contribution in [3.05, 3.63) is 0 Å². The Labute approximate surface area is 114 Å². The van der Waals surface area contributed by atoms with E-state index in [0.717, 1.165) is 19.1 Å². The van der Waals surface area contributed by atoms with Crippen molar-refractivity contribution in [1.29, 1.82) is 0 Å². The average Bonchev–Trinajstić information content (AvgIpc) is 2.99. The van der Waals surface area contributed by atoms with Crippen molar-refractivity contribution in [3.63, 3.8) is 0 Å². The van der Waals surface area contributed by atoms with E-state index in [4.69, 9.17) is 8.85 Å². The summed E-state index contributed by atoms with van der Waals surface area (Å²) in [5.41, 5.74) is 0. The average molecular weight is 269 g/mol. The lowest BCUT2D eigenvalue weighted by molar-refractivity contribution is 0.165. The summed E-state index contributed by atoms with van der Waals surface area (Å²) in [7, 11) is -1.04. The van der Waals surface area contributed by atoms with E-state index in [2.05, 4.69) is 13.8 Å². The maximum absolute atomic E-state index is 6.21.